The van der Waals surface area contributed by atoms with Crippen molar-refractivity contribution in [2.45, 2.75) is 49.0 Å². The van der Waals surface area contributed by atoms with Gasteiger partial charge < -0.3 is 19.9 Å². The molecule has 5 nitrogen and oxygen atoms in total. The lowest BCUT2D eigenvalue weighted by Crippen LogP contribution is -2.53. The van der Waals surface area contributed by atoms with Crippen LogP contribution in [0.3, 0.4) is 0 Å². The average molecular weight is 554 g/mol. The van der Waals surface area contributed by atoms with E-state index in [-0.39, 0.29) is 23.1 Å². The molecule has 2 aliphatic rings. The Hall–Kier alpha value is -3.96. The number of carbonyl (C=O) groups excluding carboxylic acids is 1. The number of carbonyl (C=O) groups is 1. The molecule has 1 spiro atoms. The first kappa shape index (κ1) is 26.3. The van der Waals surface area contributed by atoms with Gasteiger partial charge in [-0.3, -0.25) is 0 Å². The summed E-state index contributed by atoms with van der Waals surface area (Å²) in [6.45, 7) is 0. The van der Waals surface area contributed by atoms with E-state index in [4.69, 9.17) is 21.1 Å². The molecule has 6 rings (SSSR count). The molecular formula is C34H32ClNO4. The van der Waals surface area contributed by atoms with Gasteiger partial charge in [0.05, 0.1) is 7.11 Å². The first-order valence-corrected chi connectivity index (χ1v) is 14.1. The van der Waals surface area contributed by atoms with Crippen LogP contribution in [0.5, 0.6) is 17.2 Å². The maximum Gasteiger partial charge on any atom is 0.331 e. The molecule has 40 heavy (non-hydrogen) atoms. The number of nitrogens with one attached hydrogen (secondary N) is 1. The minimum absolute atomic E-state index is 0.172. The zero-order valence-electron chi connectivity index (χ0n) is 22.4. The second kappa shape index (κ2) is 10.5. The molecule has 0 radical (unpaired) electrons. The lowest BCUT2D eigenvalue weighted by atomic mass is 9.59. The maximum atomic E-state index is 13.3. The van der Waals surface area contributed by atoms with E-state index in [1.54, 1.807) is 6.07 Å². The first-order valence-electron chi connectivity index (χ1n) is 13.7. The third-order valence-corrected chi connectivity index (χ3v) is 8.98. The van der Waals surface area contributed by atoms with E-state index in [1.165, 1.54) is 23.8 Å². The molecule has 1 saturated carbocycles. The number of esters is 1. The Kier molecular flexibility index (Phi) is 6.93. The van der Waals surface area contributed by atoms with Gasteiger partial charge in [-0.25, -0.2) is 4.79 Å². The van der Waals surface area contributed by atoms with Crippen LogP contribution in [0.1, 0.15) is 48.3 Å². The molecule has 0 amide bonds. The number of ether oxygens (including phenoxy) is 2. The third-order valence-electron chi connectivity index (χ3n) is 8.74. The van der Waals surface area contributed by atoms with Crippen molar-refractivity contribution >= 4 is 23.3 Å². The molecule has 1 unspecified atom stereocenters. The van der Waals surface area contributed by atoms with Crippen molar-refractivity contribution in [3.8, 4) is 17.2 Å². The second-order valence-electron chi connectivity index (χ2n) is 11.0. The summed E-state index contributed by atoms with van der Waals surface area (Å²) < 4.78 is 11.5. The Morgan fingerprint density at radius 1 is 0.875 bits per heavy atom. The zero-order chi connectivity index (χ0) is 27.7. The normalized spacial score (nSPS) is 23.4. The van der Waals surface area contributed by atoms with E-state index in [0.717, 1.165) is 36.4 Å². The third kappa shape index (κ3) is 4.79. The number of phenolic OH excluding ortho intramolecular Hbond substituents is 1. The SMILES string of the molecule is COC(=O)C1(Nc2cccc(Cl)c2)CCC2(CC1)c1cc(O)ccc1CC2c1cccc(Oc2ccccc2)c1. The predicted molar refractivity (Wildman–Crippen MR) is 157 cm³/mol. The van der Waals surface area contributed by atoms with Gasteiger partial charge >= 0.3 is 5.97 Å². The molecule has 2 N–H and O–H groups in total. The van der Waals surface area contributed by atoms with Gasteiger partial charge in [-0.05, 0) is 109 Å². The van der Waals surface area contributed by atoms with Crippen molar-refractivity contribution in [3.05, 3.63) is 119 Å². The van der Waals surface area contributed by atoms with Crippen LogP contribution in [0.2, 0.25) is 5.02 Å². The van der Waals surface area contributed by atoms with Crippen LogP contribution < -0.4 is 10.1 Å². The molecule has 0 aromatic heterocycles. The highest BCUT2D eigenvalue weighted by molar-refractivity contribution is 6.30. The highest BCUT2D eigenvalue weighted by atomic mass is 35.5. The molecule has 0 aliphatic heterocycles. The van der Waals surface area contributed by atoms with Crippen LogP contribution in [0.15, 0.2) is 97.1 Å². The summed E-state index contributed by atoms with van der Waals surface area (Å²) in [6.07, 6.45) is 3.52. The largest absolute Gasteiger partial charge is 0.508 e. The smallest absolute Gasteiger partial charge is 0.331 e. The summed E-state index contributed by atoms with van der Waals surface area (Å²) in [4.78, 5) is 13.3. The fraction of sp³-hybridized carbons (Fsp3) is 0.265. The van der Waals surface area contributed by atoms with Crippen LogP contribution in [0.25, 0.3) is 0 Å². The van der Waals surface area contributed by atoms with Crippen molar-refractivity contribution < 1.29 is 19.4 Å². The Morgan fingerprint density at radius 2 is 1.62 bits per heavy atom. The quantitative estimate of drug-likeness (QED) is 0.237. The minimum atomic E-state index is -0.868. The number of methoxy groups -OCH3 is 1. The van der Waals surface area contributed by atoms with Crippen LogP contribution in [0, 0.1) is 0 Å². The topological polar surface area (TPSA) is 67.8 Å². The van der Waals surface area contributed by atoms with Crippen LogP contribution in [-0.4, -0.2) is 23.7 Å². The van der Waals surface area contributed by atoms with E-state index in [9.17, 15) is 9.90 Å². The number of benzene rings is 4. The fourth-order valence-electron chi connectivity index (χ4n) is 6.82. The monoisotopic (exact) mass is 553 g/mol. The molecule has 2 aliphatic carbocycles. The number of anilines is 1. The van der Waals surface area contributed by atoms with Gasteiger partial charge in [0.25, 0.3) is 0 Å². The van der Waals surface area contributed by atoms with Crippen molar-refractivity contribution in [1.82, 2.24) is 0 Å². The molecule has 0 saturated heterocycles. The molecule has 4 aromatic carbocycles. The molecular weight excluding hydrogens is 522 g/mol. The Morgan fingerprint density at radius 3 is 2.38 bits per heavy atom. The van der Waals surface area contributed by atoms with Gasteiger partial charge in [0.1, 0.15) is 22.8 Å². The zero-order valence-corrected chi connectivity index (χ0v) is 23.2. The number of para-hydroxylation sites is 1. The number of halogens is 1. The molecule has 1 atom stereocenters. The van der Waals surface area contributed by atoms with Gasteiger partial charge in [-0.1, -0.05) is 54.1 Å². The van der Waals surface area contributed by atoms with E-state index in [2.05, 4.69) is 17.4 Å². The lowest BCUT2D eigenvalue weighted by molar-refractivity contribution is -0.147. The molecule has 204 valence electrons. The Bertz CT molecular complexity index is 1530. The Labute approximate surface area is 239 Å². The predicted octanol–water partition coefficient (Wildman–Crippen LogP) is 8.01. The van der Waals surface area contributed by atoms with Crippen molar-refractivity contribution in [2.75, 3.05) is 12.4 Å². The number of aromatic hydroxyl groups is 1. The van der Waals surface area contributed by atoms with Gasteiger partial charge in [-0.15, -0.1) is 0 Å². The van der Waals surface area contributed by atoms with Crippen molar-refractivity contribution in [1.29, 1.82) is 0 Å². The summed E-state index contributed by atoms with van der Waals surface area (Å²) in [5.41, 5.74) is 3.29. The van der Waals surface area contributed by atoms with Crippen molar-refractivity contribution in [2.24, 2.45) is 0 Å². The number of rotatable bonds is 6. The van der Waals surface area contributed by atoms with Crippen LogP contribution in [0.4, 0.5) is 5.69 Å². The number of phenols is 1. The van der Waals surface area contributed by atoms with Gasteiger partial charge in [0, 0.05) is 16.1 Å². The van der Waals surface area contributed by atoms with Gasteiger partial charge in [0.15, 0.2) is 0 Å². The summed E-state index contributed by atoms with van der Waals surface area (Å²) in [7, 11) is 1.44. The first-order chi connectivity index (χ1) is 19.4. The molecule has 0 bridgehead atoms. The average Bonchev–Trinajstić information content (AvgIpc) is 3.27. The lowest BCUT2D eigenvalue weighted by Gasteiger charge is -2.47. The highest BCUT2D eigenvalue weighted by Crippen LogP contribution is 2.58. The van der Waals surface area contributed by atoms with Crippen LogP contribution >= 0.6 is 11.6 Å². The van der Waals surface area contributed by atoms with E-state index < -0.39 is 5.54 Å². The fourth-order valence-corrected chi connectivity index (χ4v) is 7.01. The minimum Gasteiger partial charge on any atom is -0.508 e. The summed E-state index contributed by atoms with van der Waals surface area (Å²) in [5, 5.41) is 14.6. The molecule has 1 fully saturated rings. The number of fused-ring (bicyclic) bond motifs is 2. The standard InChI is InChI=1S/C34H32ClNO4/c1-39-32(38)34(36-26-9-6-8-25(35)21-26)17-15-33(16-18-34)30(20-24-13-14-27(37)22-31(24)33)23-7-5-12-29(19-23)40-28-10-3-2-4-11-28/h2-14,19,21-22,30,36-37H,15-18,20H2,1H3. The maximum absolute atomic E-state index is 13.3. The second-order valence-corrected chi connectivity index (χ2v) is 11.4. The summed E-state index contributed by atoms with van der Waals surface area (Å²) >= 11 is 6.25. The summed E-state index contributed by atoms with van der Waals surface area (Å²) in [5.74, 6) is 1.75. The highest BCUT2D eigenvalue weighted by Gasteiger charge is 2.54. The van der Waals surface area contributed by atoms with Crippen molar-refractivity contribution in [3.63, 3.8) is 0 Å². The summed E-state index contributed by atoms with van der Waals surface area (Å²) in [6, 6.07) is 31.3. The molecule has 0 heterocycles. The van der Waals surface area contributed by atoms with E-state index in [1.807, 2.05) is 78.9 Å². The number of hydrogen-bond donors (Lipinski definition) is 2. The number of hydrogen-bond acceptors (Lipinski definition) is 5. The van der Waals surface area contributed by atoms with Gasteiger partial charge in [0.2, 0.25) is 0 Å². The molecule has 4 aromatic rings. The van der Waals surface area contributed by atoms with Gasteiger partial charge in [-0.2, -0.15) is 0 Å². The van der Waals surface area contributed by atoms with E-state index in [0.29, 0.717) is 17.9 Å². The van der Waals surface area contributed by atoms with E-state index >= 15 is 0 Å². The Balaban J connectivity index is 1.35. The molecule has 6 heteroatoms. The van der Waals surface area contributed by atoms with Crippen LogP contribution in [-0.2, 0) is 21.4 Å².